The van der Waals surface area contributed by atoms with Crippen LogP contribution >= 0.6 is 0 Å². The average molecular weight is 538 g/mol. The zero-order valence-electron chi connectivity index (χ0n) is 22.5. The molecular formula is C37H23N5. The van der Waals surface area contributed by atoms with E-state index in [2.05, 4.69) is 48.5 Å². The summed E-state index contributed by atoms with van der Waals surface area (Å²) in [6.07, 6.45) is 1.83. The van der Waals surface area contributed by atoms with Gasteiger partial charge < -0.3 is 0 Å². The number of nitrogens with zero attached hydrogens (tertiary/aromatic N) is 5. The summed E-state index contributed by atoms with van der Waals surface area (Å²) in [5.41, 5.74) is 7.81. The molecule has 0 aliphatic heterocycles. The Morgan fingerprint density at radius 1 is 0.381 bits per heavy atom. The Balaban J connectivity index is 1.26. The van der Waals surface area contributed by atoms with Gasteiger partial charge in [0.15, 0.2) is 17.5 Å². The molecule has 0 amide bonds. The highest BCUT2D eigenvalue weighted by Crippen LogP contribution is 2.35. The first-order valence-electron chi connectivity index (χ1n) is 13.9. The molecule has 196 valence electrons. The third-order valence-corrected chi connectivity index (χ3v) is 7.53. The molecule has 5 nitrogen and oxygen atoms in total. The maximum atomic E-state index is 4.98. The van der Waals surface area contributed by atoms with Crippen LogP contribution in [0.3, 0.4) is 0 Å². The van der Waals surface area contributed by atoms with Crippen molar-refractivity contribution in [2.75, 3.05) is 0 Å². The highest BCUT2D eigenvalue weighted by Gasteiger charge is 2.14. The molecule has 0 aliphatic carbocycles. The molecule has 5 heteroatoms. The first-order chi connectivity index (χ1) is 20.8. The topological polar surface area (TPSA) is 64.5 Å². The lowest BCUT2D eigenvalue weighted by Gasteiger charge is -2.12. The molecule has 0 radical (unpaired) electrons. The van der Waals surface area contributed by atoms with Gasteiger partial charge in [-0.1, -0.05) is 109 Å². The number of para-hydroxylation sites is 1. The van der Waals surface area contributed by atoms with E-state index in [1.165, 1.54) is 0 Å². The van der Waals surface area contributed by atoms with Gasteiger partial charge in [0.2, 0.25) is 0 Å². The van der Waals surface area contributed by atoms with E-state index in [9.17, 15) is 0 Å². The van der Waals surface area contributed by atoms with Crippen molar-refractivity contribution in [3.8, 4) is 45.3 Å². The van der Waals surface area contributed by atoms with Crippen LogP contribution in [-0.2, 0) is 0 Å². The second-order valence-corrected chi connectivity index (χ2v) is 10.2. The van der Waals surface area contributed by atoms with Crippen LogP contribution in [0.1, 0.15) is 0 Å². The number of hydrogen-bond acceptors (Lipinski definition) is 5. The molecule has 8 rings (SSSR count). The molecule has 0 saturated carbocycles. The third kappa shape index (κ3) is 4.25. The van der Waals surface area contributed by atoms with E-state index >= 15 is 0 Å². The number of hydrogen-bond donors (Lipinski definition) is 0. The van der Waals surface area contributed by atoms with Crippen molar-refractivity contribution in [1.29, 1.82) is 0 Å². The normalized spacial score (nSPS) is 11.3. The van der Waals surface area contributed by atoms with Crippen LogP contribution in [-0.4, -0.2) is 24.9 Å². The monoisotopic (exact) mass is 537 g/mol. The van der Waals surface area contributed by atoms with E-state index < -0.39 is 0 Å². The average Bonchev–Trinajstić information content (AvgIpc) is 3.08. The van der Waals surface area contributed by atoms with Crippen molar-refractivity contribution in [1.82, 2.24) is 24.9 Å². The highest BCUT2D eigenvalue weighted by atomic mass is 15.0. The quantitative estimate of drug-likeness (QED) is 0.166. The van der Waals surface area contributed by atoms with Crippen LogP contribution < -0.4 is 0 Å². The Morgan fingerprint density at radius 2 is 0.952 bits per heavy atom. The molecule has 5 aromatic carbocycles. The fourth-order valence-electron chi connectivity index (χ4n) is 5.45. The van der Waals surface area contributed by atoms with Crippen molar-refractivity contribution in [2.45, 2.75) is 0 Å². The molecule has 0 N–H and O–H groups in total. The Labute approximate surface area is 242 Å². The maximum absolute atomic E-state index is 4.98. The molecule has 42 heavy (non-hydrogen) atoms. The van der Waals surface area contributed by atoms with Gasteiger partial charge >= 0.3 is 0 Å². The van der Waals surface area contributed by atoms with E-state index in [4.69, 9.17) is 24.9 Å². The van der Waals surface area contributed by atoms with Crippen molar-refractivity contribution in [3.63, 3.8) is 0 Å². The predicted octanol–water partition coefficient (Wildman–Crippen LogP) is 8.79. The summed E-state index contributed by atoms with van der Waals surface area (Å²) in [6.45, 7) is 0. The Morgan fingerprint density at radius 3 is 1.62 bits per heavy atom. The minimum absolute atomic E-state index is 0.634. The van der Waals surface area contributed by atoms with E-state index in [0.29, 0.717) is 17.5 Å². The fourth-order valence-corrected chi connectivity index (χ4v) is 5.45. The summed E-state index contributed by atoms with van der Waals surface area (Å²) in [7, 11) is 0. The minimum Gasteiger partial charge on any atom is -0.254 e. The Bertz CT molecular complexity index is 2170. The van der Waals surface area contributed by atoms with Gasteiger partial charge in [-0.05, 0) is 35.4 Å². The number of fused-ring (bicyclic) bond motifs is 4. The summed E-state index contributed by atoms with van der Waals surface area (Å²) in [4.78, 5) is 24.3. The lowest BCUT2D eigenvalue weighted by molar-refractivity contribution is 1.07. The van der Waals surface area contributed by atoms with E-state index in [1.54, 1.807) is 0 Å². The third-order valence-electron chi connectivity index (χ3n) is 7.53. The van der Waals surface area contributed by atoms with Gasteiger partial charge in [0.25, 0.3) is 0 Å². The second-order valence-electron chi connectivity index (χ2n) is 10.2. The lowest BCUT2D eigenvalue weighted by Crippen LogP contribution is -2.00. The minimum atomic E-state index is 0.634. The Hall–Kier alpha value is -5.81. The fraction of sp³-hybridized carbons (Fsp3) is 0. The van der Waals surface area contributed by atoms with Crippen molar-refractivity contribution < 1.29 is 0 Å². The molecule has 3 heterocycles. The molecule has 0 bridgehead atoms. The van der Waals surface area contributed by atoms with Gasteiger partial charge in [-0.2, -0.15) is 0 Å². The highest BCUT2D eigenvalue weighted by molar-refractivity contribution is 6.12. The lowest BCUT2D eigenvalue weighted by atomic mass is 9.96. The molecule has 0 fully saturated rings. The smallest absolute Gasteiger partial charge is 0.164 e. The van der Waals surface area contributed by atoms with E-state index in [0.717, 1.165) is 60.5 Å². The Kier molecular flexibility index (Phi) is 5.71. The summed E-state index contributed by atoms with van der Waals surface area (Å²) in [5.74, 6) is 1.93. The van der Waals surface area contributed by atoms with Crippen molar-refractivity contribution >= 4 is 32.7 Å². The van der Waals surface area contributed by atoms with Crippen LogP contribution in [0.5, 0.6) is 0 Å². The molecule has 0 spiro atoms. The summed E-state index contributed by atoms with van der Waals surface area (Å²) in [6, 6.07) is 45.2. The van der Waals surface area contributed by atoms with Gasteiger partial charge in [0, 0.05) is 39.0 Å². The van der Waals surface area contributed by atoms with Gasteiger partial charge in [-0.25, -0.2) is 19.9 Å². The van der Waals surface area contributed by atoms with Crippen molar-refractivity contribution in [2.24, 2.45) is 0 Å². The predicted molar refractivity (Wildman–Crippen MR) is 170 cm³/mol. The first-order valence-corrected chi connectivity index (χ1v) is 13.9. The number of pyridine rings is 2. The van der Waals surface area contributed by atoms with E-state index in [-0.39, 0.29) is 0 Å². The number of benzene rings is 5. The van der Waals surface area contributed by atoms with Crippen molar-refractivity contribution in [3.05, 3.63) is 140 Å². The van der Waals surface area contributed by atoms with Crippen LogP contribution in [0.15, 0.2) is 140 Å². The molecule has 3 aromatic heterocycles. The van der Waals surface area contributed by atoms with Gasteiger partial charge in [0.1, 0.15) is 0 Å². The molecule has 0 unspecified atom stereocenters. The van der Waals surface area contributed by atoms with Crippen LogP contribution in [0.25, 0.3) is 78.0 Å². The zero-order chi connectivity index (χ0) is 27.9. The maximum Gasteiger partial charge on any atom is 0.164 e. The molecule has 0 aliphatic rings. The second kappa shape index (κ2) is 9.98. The first kappa shape index (κ1) is 24.0. The molecule has 0 saturated heterocycles. The largest absolute Gasteiger partial charge is 0.254 e. The zero-order valence-corrected chi connectivity index (χ0v) is 22.5. The van der Waals surface area contributed by atoms with Gasteiger partial charge in [-0.15, -0.1) is 0 Å². The van der Waals surface area contributed by atoms with Crippen LogP contribution in [0.4, 0.5) is 0 Å². The SMILES string of the molecule is c1ccc(-c2nc(-c3ccccc3)nc(-c3ccc(-c4cc5cc6ccccc6nc5c5ncccc45)cc3)n2)cc1. The van der Waals surface area contributed by atoms with Gasteiger partial charge in [0.05, 0.1) is 16.6 Å². The number of aromatic nitrogens is 5. The standard InChI is InChI=1S/C37H23N5/c1-3-10-25(11-4-1)35-40-36(26-12-5-2-6-13-26)42-37(41-35)27-19-17-24(18-20-27)31-23-29-22-28-14-7-8-16-32(28)39-33(29)34-30(31)15-9-21-38-34/h1-23H. The summed E-state index contributed by atoms with van der Waals surface area (Å²) >= 11 is 0. The summed E-state index contributed by atoms with van der Waals surface area (Å²) in [5, 5.41) is 3.25. The summed E-state index contributed by atoms with van der Waals surface area (Å²) < 4.78 is 0. The van der Waals surface area contributed by atoms with Crippen LogP contribution in [0.2, 0.25) is 0 Å². The number of rotatable bonds is 4. The van der Waals surface area contributed by atoms with Gasteiger partial charge in [-0.3, -0.25) is 4.98 Å². The van der Waals surface area contributed by atoms with E-state index in [1.807, 2.05) is 91.1 Å². The molecular weight excluding hydrogens is 514 g/mol. The molecule has 8 aromatic rings. The van der Waals surface area contributed by atoms with Crippen LogP contribution in [0, 0.1) is 0 Å². The molecule has 0 atom stereocenters.